The van der Waals surface area contributed by atoms with Gasteiger partial charge in [-0.1, -0.05) is 13.8 Å². The number of rotatable bonds is 10. The molecule has 17 heavy (non-hydrogen) atoms. The predicted molar refractivity (Wildman–Crippen MR) is 77.9 cm³/mol. The van der Waals surface area contributed by atoms with E-state index in [0.717, 1.165) is 12.6 Å². The highest BCUT2D eigenvalue weighted by Gasteiger charge is 2.14. The SMILES string of the molecule is CCCNC(CC)CCCSCC1CCCO1. The normalized spacial score (nSPS) is 21.9. The second-order valence-electron chi connectivity index (χ2n) is 4.91. The van der Waals surface area contributed by atoms with E-state index >= 15 is 0 Å². The number of thioether (sulfide) groups is 1. The van der Waals surface area contributed by atoms with Gasteiger partial charge < -0.3 is 10.1 Å². The molecular formula is C14H29NOS. The first-order valence-corrected chi connectivity index (χ1v) is 8.45. The fourth-order valence-corrected chi connectivity index (χ4v) is 3.28. The van der Waals surface area contributed by atoms with Crippen LogP contribution < -0.4 is 5.32 Å². The standard InChI is InChI=1S/C14H29NOS/c1-3-9-15-13(4-2)7-6-11-17-12-14-8-5-10-16-14/h13-15H,3-12H2,1-2H3. The zero-order valence-corrected chi connectivity index (χ0v) is 12.4. The Morgan fingerprint density at radius 3 is 2.94 bits per heavy atom. The van der Waals surface area contributed by atoms with Crippen molar-refractivity contribution < 1.29 is 4.74 Å². The second kappa shape index (κ2) is 10.2. The van der Waals surface area contributed by atoms with E-state index in [-0.39, 0.29) is 0 Å². The van der Waals surface area contributed by atoms with Gasteiger partial charge >= 0.3 is 0 Å². The van der Waals surface area contributed by atoms with Gasteiger partial charge in [-0.15, -0.1) is 0 Å². The Morgan fingerprint density at radius 2 is 2.29 bits per heavy atom. The lowest BCUT2D eigenvalue weighted by Crippen LogP contribution is -2.29. The summed E-state index contributed by atoms with van der Waals surface area (Å²) in [6.45, 7) is 6.68. The molecule has 1 N–H and O–H groups in total. The van der Waals surface area contributed by atoms with Gasteiger partial charge in [0.1, 0.15) is 0 Å². The first kappa shape index (κ1) is 15.3. The zero-order chi connectivity index (χ0) is 12.3. The third kappa shape index (κ3) is 7.32. The van der Waals surface area contributed by atoms with Crippen LogP contribution in [-0.4, -0.2) is 36.8 Å². The van der Waals surface area contributed by atoms with Crippen LogP contribution in [0.1, 0.15) is 52.4 Å². The van der Waals surface area contributed by atoms with Gasteiger partial charge in [0.15, 0.2) is 0 Å². The average molecular weight is 259 g/mol. The van der Waals surface area contributed by atoms with Crippen LogP contribution in [0.15, 0.2) is 0 Å². The molecule has 102 valence electrons. The minimum absolute atomic E-state index is 0.556. The van der Waals surface area contributed by atoms with Crippen molar-refractivity contribution in [1.82, 2.24) is 5.32 Å². The van der Waals surface area contributed by atoms with Crippen molar-refractivity contribution in [2.75, 3.05) is 24.7 Å². The molecule has 0 amide bonds. The molecule has 3 heteroatoms. The Bertz CT molecular complexity index is 172. The molecule has 2 nitrogen and oxygen atoms in total. The summed E-state index contributed by atoms with van der Waals surface area (Å²) in [7, 11) is 0. The van der Waals surface area contributed by atoms with Crippen LogP contribution >= 0.6 is 11.8 Å². The lowest BCUT2D eigenvalue weighted by Gasteiger charge is -2.16. The highest BCUT2D eigenvalue weighted by molar-refractivity contribution is 7.99. The number of nitrogens with one attached hydrogen (secondary N) is 1. The van der Waals surface area contributed by atoms with Gasteiger partial charge in [-0.3, -0.25) is 0 Å². The summed E-state index contributed by atoms with van der Waals surface area (Å²) in [4.78, 5) is 0. The molecule has 1 aliphatic heterocycles. The summed E-state index contributed by atoms with van der Waals surface area (Å²) in [6, 6.07) is 0.735. The monoisotopic (exact) mass is 259 g/mol. The smallest absolute Gasteiger partial charge is 0.0666 e. The lowest BCUT2D eigenvalue weighted by molar-refractivity contribution is 0.129. The van der Waals surface area contributed by atoms with E-state index in [1.165, 1.54) is 56.6 Å². The molecule has 0 aromatic heterocycles. The van der Waals surface area contributed by atoms with Crippen molar-refractivity contribution in [2.24, 2.45) is 0 Å². The van der Waals surface area contributed by atoms with Crippen LogP contribution in [0.5, 0.6) is 0 Å². The quantitative estimate of drug-likeness (QED) is 0.607. The highest BCUT2D eigenvalue weighted by atomic mass is 32.2. The molecular weight excluding hydrogens is 230 g/mol. The summed E-state index contributed by atoms with van der Waals surface area (Å²) in [6.07, 6.45) is 8.27. The van der Waals surface area contributed by atoms with E-state index in [0.29, 0.717) is 6.10 Å². The average Bonchev–Trinajstić information content (AvgIpc) is 2.85. The Kier molecular flexibility index (Phi) is 9.21. The number of hydrogen-bond acceptors (Lipinski definition) is 3. The first-order chi connectivity index (χ1) is 8.36. The molecule has 2 unspecified atom stereocenters. The molecule has 0 aliphatic carbocycles. The van der Waals surface area contributed by atoms with E-state index in [2.05, 4.69) is 30.9 Å². The molecule has 1 aliphatic rings. The molecule has 0 spiro atoms. The van der Waals surface area contributed by atoms with Crippen LogP contribution in [0.25, 0.3) is 0 Å². The fraction of sp³-hybridized carbons (Fsp3) is 1.00. The van der Waals surface area contributed by atoms with E-state index in [1.807, 2.05) is 0 Å². The summed E-state index contributed by atoms with van der Waals surface area (Å²) in [5, 5.41) is 3.62. The lowest BCUT2D eigenvalue weighted by atomic mass is 10.1. The van der Waals surface area contributed by atoms with Crippen LogP contribution in [0.3, 0.4) is 0 Å². The van der Waals surface area contributed by atoms with Crippen molar-refractivity contribution >= 4 is 11.8 Å². The van der Waals surface area contributed by atoms with Crippen LogP contribution in [0, 0.1) is 0 Å². The van der Waals surface area contributed by atoms with Gasteiger partial charge in [-0.05, 0) is 50.8 Å². The van der Waals surface area contributed by atoms with Gasteiger partial charge in [0.2, 0.25) is 0 Å². The first-order valence-electron chi connectivity index (χ1n) is 7.29. The molecule has 1 rings (SSSR count). The summed E-state index contributed by atoms with van der Waals surface area (Å²) >= 11 is 2.07. The highest BCUT2D eigenvalue weighted by Crippen LogP contribution is 2.18. The fourth-order valence-electron chi connectivity index (χ4n) is 2.22. The van der Waals surface area contributed by atoms with Crippen LogP contribution in [0.4, 0.5) is 0 Å². The van der Waals surface area contributed by atoms with Gasteiger partial charge in [0.05, 0.1) is 6.10 Å². The third-order valence-corrected chi connectivity index (χ3v) is 4.53. The predicted octanol–water partition coefficient (Wildman–Crippen LogP) is 3.46. The van der Waals surface area contributed by atoms with Crippen molar-refractivity contribution in [1.29, 1.82) is 0 Å². The molecule has 1 heterocycles. The minimum Gasteiger partial charge on any atom is -0.377 e. The summed E-state index contributed by atoms with van der Waals surface area (Å²) in [5.41, 5.74) is 0. The van der Waals surface area contributed by atoms with Crippen LogP contribution in [-0.2, 0) is 4.74 Å². The molecule has 2 atom stereocenters. The van der Waals surface area contributed by atoms with Crippen molar-refractivity contribution in [3.05, 3.63) is 0 Å². The zero-order valence-electron chi connectivity index (χ0n) is 11.5. The van der Waals surface area contributed by atoms with Crippen molar-refractivity contribution in [3.63, 3.8) is 0 Å². The summed E-state index contributed by atoms with van der Waals surface area (Å²) in [5.74, 6) is 2.50. The van der Waals surface area contributed by atoms with E-state index in [1.54, 1.807) is 0 Å². The molecule has 0 aromatic carbocycles. The van der Waals surface area contributed by atoms with E-state index in [4.69, 9.17) is 4.74 Å². The van der Waals surface area contributed by atoms with E-state index < -0.39 is 0 Å². The second-order valence-corrected chi connectivity index (χ2v) is 6.06. The van der Waals surface area contributed by atoms with Crippen LogP contribution in [0.2, 0.25) is 0 Å². The maximum Gasteiger partial charge on any atom is 0.0666 e. The largest absolute Gasteiger partial charge is 0.377 e. The molecule has 0 bridgehead atoms. The van der Waals surface area contributed by atoms with Gasteiger partial charge in [-0.2, -0.15) is 11.8 Å². The molecule has 1 fully saturated rings. The Labute approximate surface area is 111 Å². The third-order valence-electron chi connectivity index (χ3n) is 3.34. The van der Waals surface area contributed by atoms with Crippen molar-refractivity contribution in [3.8, 4) is 0 Å². The molecule has 1 saturated heterocycles. The molecule has 0 saturated carbocycles. The maximum atomic E-state index is 5.62. The van der Waals surface area contributed by atoms with Gasteiger partial charge in [-0.25, -0.2) is 0 Å². The Hall–Kier alpha value is 0.270. The maximum absolute atomic E-state index is 5.62. The summed E-state index contributed by atoms with van der Waals surface area (Å²) < 4.78 is 5.62. The number of ether oxygens (including phenoxy) is 1. The topological polar surface area (TPSA) is 21.3 Å². The Balaban J connectivity index is 1.90. The minimum atomic E-state index is 0.556. The van der Waals surface area contributed by atoms with Crippen molar-refractivity contribution in [2.45, 2.75) is 64.5 Å². The van der Waals surface area contributed by atoms with Gasteiger partial charge in [0.25, 0.3) is 0 Å². The molecule has 0 aromatic rings. The number of hydrogen-bond donors (Lipinski definition) is 1. The van der Waals surface area contributed by atoms with Gasteiger partial charge in [0, 0.05) is 18.4 Å². The Morgan fingerprint density at radius 1 is 1.41 bits per heavy atom. The van der Waals surface area contributed by atoms with E-state index in [9.17, 15) is 0 Å². The molecule has 0 radical (unpaired) electrons.